The van der Waals surface area contributed by atoms with Gasteiger partial charge in [0.1, 0.15) is 0 Å². The van der Waals surface area contributed by atoms with Gasteiger partial charge in [-0.25, -0.2) is 0 Å². The van der Waals surface area contributed by atoms with Crippen LogP contribution in [0, 0.1) is 0 Å². The van der Waals surface area contributed by atoms with E-state index >= 15 is 0 Å². The lowest BCUT2D eigenvalue weighted by molar-refractivity contribution is -0.117. The Morgan fingerprint density at radius 2 is 2.24 bits per heavy atom. The summed E-state index contributed by atoms with van der Waals surface area (Å²) >= 11 is 0. The minimum absolute atomic E-state index is 0.183. The van der Waals surface area contributed by atoms with Gasteiger partial charge in [-0.05, 0) is 31.0 Å². The molecule has 1 aliphatic rings. The molecular weight excluding hydrogens is 220 g/mol. The first-order valence-electron chi connectivity index (χ1n) is 5.55. The van der Waals surface area contributed by atoms with Crippen molar-refractivity contribution in [2.24, 2.45) is 5.73 Å². The molecule has 5 heteroatoms. The van der Waals surface area contributed by atoms with Crippen LogP contribution >= 0.6 is 0 Å². The van der Waals surface area contributed by atoms with Crippen molar-refractivity contribution in [2.45, 2.75) is 19.4 Å². The molecule has 2 rings (SSSR count). The van der Waals surface area contributed by atoms with Gasteiger partial charge in [0.25, 0.3) is 0 Å². The Morgan fingerprint density at radius 1 is 1.47 bits per heavy atom. The molecule has 1 aromatic rings. The summed E-state index contributed by atoms with van der Waals surface area (Å²) in [5.41, 5.74) is 6.21. The second kappa shape index (κ2) is 5.05. The second-order valence-corrected chi connectivity index (χ2v) is 4.14. The van der Waals surface area contributed by atoms with Crippen LogP contribution in [0.5, 0.6) is 11.5 Å². The van der Waals surface area contributed by atoms with Crippen molar-refractivity contribution in [1.29, 1.82) is 0 Å². The SMILES string of the molecule is CC(Cc1ccc2c(c1)OCO2)NCC(N)=O. The molecule has 3 N–H and O–H groups in total. The monoisotopic (exact) mass is 236 g/mol. The number of hydrogen-bond acceptors (Lipinski definition) is 4. The number of benzene rings is 1. The average Bonchev–Trinajstić information content (AvgIpc) is 2.73. The quantitative estimate of drug-likeness (QED) is 0.777. The molecule has 0 saturated heterocycles. The maximum Gasteiger partial charge on any atom is 0.231 e. The van der Waals surface area contributed by atoms with Gasteiger partial charge in [-0.3, -0.25) is 4.79 Å². The summed E-state index contributed by atoms with van der Waals surface area (Å²) in [5, 5.41) is 3.05. The third kappa shape index (κ3) is 3.10. The predicted molar refractivity (Wildman–Crippen MR) is 62.9 cm³/mol. The molecular formula is C12H16N2O3. The van der Waals surface area contributed by atoms with Gasteiger partial charge in [0.2, 0.25) is 12.7 Å². The fraction of sp³-hybridized carbons (Fsp3) is 0.417. The molecule has 1 atom stereocenters. The molecule has 1 aromatic carbocycles. The maximum absolute atomic E-state index is 10.6. The van der Waals surface area contributed by atoms with Crippen molar-refractivity contribution >= 4 is 5.91 Å². The van der Waals surface area contributed by atoms with Crippen LogP contribution in [0.15, 0.2) is 18.2 Å². The van der Waals surface area contributed by atoms with E-state index in [-0.39, 0.29) is 25.3 Å². The van der Waals surface area contributed by atoms with E-state index in [1.54, 1.807) is 0 Å². The van der Waals surface area contributed by atoms with E-state index < -0.39 is 0 Å². The zero-order valence-electron chi connectivity index (χ0n) is 9.73. The first-order chi connectivity index (χ1) is 8.15. The number of nitrogens with two attached hydrogens (primary N) is 1. The minimum atomic E-state index is -0.345. The average molecular weight is 236 g/mol. The number of nitrogens with one attached hydrogen (secondary N) is 1. The standard InChI is InChI=1S/C12H16N2O3/c1-8(14-6-12(13)15)4-9-2-3-10-11(5-9)17-7-16-10/h2-3,5,8,14H,4,6-7H2,1H3,(H2,13,15). The van der Waals surface area contributed by atoms with E-state index in [0.717, 1.165) is 23.5 Å². The number of primary amides is 1. The first-order valence-corrected chi connectivity index (χ1v) is 5.55. The minimum Gasteiger partial charge on any atom is -0.454 e. The number of fused-ring (bicyclic) bond motifs is 1. The Morgan fingerprint density at radius 3 is 3.00 bits per heavy atom. The topological polar surface area (TPSA) is 73.6 Å². The number of carbonyl (C=O) groups is 1. The normalized spacial score (nSPS) is 14.6. The van der Waals surface area contributed by atoms with E-state index in [4.69, 9.17) is 15.2 Å². The third-order valence-electron chi connectivity index (χ3n) is 2.60. The van der Waals surface area contributed by atoms with Crippen LogP contribution in [-0.4, -0.2) is 25.3 Å². The highest BCUT2D eigenvalue weighted by molar-refractivity contribution is 5.75. The zero-order valence-corrected chi connectivity index (χ0v) is 9.73. The molecule has 1 heterocycles. The first kappa shape index (κ1) is 11.7. The molecule has 0 radical (unpaired) electrons. The van der Waals surface area contributed by atoms with Gasteiger partial charge in [0.05, 0.1) is 6.54 Å². The summed E-state index contributed by atoms with van der Waals surface area (Å²) in [6.45, 7) is 2.49. The van der Waals surface area contributed by atoms with Gasteiger partial charge in [0, 0.05) is 6.04 Å². The Bertz CT molecular complexity index is 420. The summed E-state index contributed by atoms with van der Waals surface area (Å²) in [7, 11) is 0. The molecule has 17 heavy (non-hydrogen) atoms. The summed E-state index contributed by atoms with van der Waals surface area (Å²) in [5.74, 6) is 1.22. The number of hydrogen-bond donors (Lipinski definition) is 2. The van der Waals surface area contributed by atoms with Gasteiger partial charge in [0.15, 0.2) is 11.5 Å². The molecule has 1 aliphatic heterocycles. The van der Waals surface area contributed by atoms with E-state index in [2.05, 4.69) is 5.32 Å². The van der Waals surface area contributed by atoms with Gasteiger partial charge < -0.3 is 20.5 Å². The summed E-state index contributed by atoms with van der Waals surface area (Å²) in [4.78, 5) is 10.6. The Hall–Kier alpha value is -1.75. The Balaban J connectivity index is 1.92. The summed E-state index contributed by atoms with van der Waals surface area (Å²) < 4.78 is 10.5. The van der Waals surface area contributed by atoms with Gasteiger partial charge >= 0.3 is 0 Å². The molecule has 0 aromatic heterocycles. The summed E-state index contributed by atoms with van der Waals surface area (Å²) in [6.07, 6.45) is 0.809. The van der Waals surface area contributed by atoms with Crippen molar-refractivity contribution in [3.05, 3.63) is 23.8 Å². The molecule has 0 fully saturated rings. The maximum atomic E-state index is 10.6. The fourth-order valence-electron chi connectivity index (χ4n) is 1.77. The van der Waals surface area contributed by atoms with Crippen LogP contribution in [0.3, 0.4) is 0 Å². The van der Waals surface area contributed by atoms with Crippen molar-refractivity contribution in [3.63, 3.8) is 0 Å². The second-order valence-electron chi connectivity index (χ2n) is 4.14. The fourth-order valence-corrected chi connectivity index (χ4v) is 1.77. The van der Waals surface area contributed by atoms with Gasteiger partial charge in [-0.2, -0.15) is 0 Å². The number of amides is 1. The number of ether oxygens (including phenoxy) is 2. The van der Waals surface area contributed by atoms with Crippen LogP contribution < -0.4 is 20.5 Å². The summed E-state index contributed by atoms with van der Waals surface area (Å²) in [6, 6.07) is 6.04. The Labute approximate surface area is 99.9 Å². The molecule has 1 amide bonds. The van der Waals surface area contributed by atoms with Crippen LogP contribution in [-0.2, 0) is 11.2 Å². The van der Waals surface area contributed by atoms with Crippen molar-refractivity contribution in [3.8, 4) is 11.5 Å². The molecule has 0 spiro atoms. The van der Waals surface area contributed by atoms with Gasteiger partial charge in [-0.15, -0.1) is 0 Å². The van der Waals surface area contributed by atoms with Crippen molar-refractivity contribution < 1.29 is 14.3 Å². The molecule has 0 bridgehead atoms. The number of rotatable bonds is 5. The van der Waals surface area contributed by atoms with E-state index in [1.165, 1.54) is 0 Å². The molecule has 5 nitrogen and oxygen atoms in total. The predicted octanol–water partition coefficient (Wildman–Crippen LogP) is 0.421. The lowest BCUT2D eigenvalue weighted by Gasteiger charge is -2.12. The van der Waals surface area contributed by atoms with Crippen LogP contribution in [0.4, 0.5) is 0 Å². The smallest absolute Gasteiger partial charge is 0.231 e. The number of carbonyl (C=O) groups excluding carboxylic acids is 1. The van der Waals surface area contributed by atoms with E-state index in [0.29, 0.717) is 0 Å². The van der Waals surface area contributed by atoms with Gasteiger partial charge in [-0.1, -0.05) is 6.07 Å². The lowest BCUT2D eigenvalue weighted by atomic mass is 10.1. The van der Waals surface area contributed by atoms with Crippen LogP contribution in [0.25, 0.3) is 0 Å². The third-order valence-corrected chi connectivity index (χ3v) is 2.60. The largest absolute Gasteiger partial charge is 0.454 e. The molecule has 0 aliphatic carbocycles. The molecule has 92 valence electrons. The molecule has 1 unspecified atom stereocenters. The van der Waals surface area contributed by atoms with Crippen LogP contribution in [0.2, 0.25) is 0 Å². The highest BCUT2D eigenvalue weighted by Gasteiger charge is 2.14. The lowest BCUT2D eigenvalue weighted by Crippen LogP contribution is -2.35. The van der Waals surface area contributed by atoms with Crippen molar-refractivity contribution in [2.75, 3.05) is 13.3 Å². The van der Waals surface area contributed by atoms with Crippen molar-refractivity contribution in [1.82, 2.24) is 5.32 Å². The Kier molecular flexibility index (Phi) is 3.49. The van der Waals surface area contributed by atoms with E-state index in [1.807, 2.05) is 25.1 Å². The van der Waals surface area contributed by atoms with E-state index in [9.17, 15) is 4.79 Å². The highest BCUT2D eigenvalue weighted by atomic mass is 16.7. The molecule has 0 saturated carbocycles. The highest BCUT2D eigenvalue weighted by Crippen LogP contribution is 2.32. The van der Waals surface area contributed by atoms with Crippen LogP contribution in [0.1, 0.15) is 12.5 Å². The zero-order chi connectivity index (χ0) is 12.3.